The van der Waals surface area contributed by atoms with Crippen LogP contribution in [-0.4, -0.2) is 53.9 Å². The van der Waals surface area contributed by atoms with Crippen LogP contribution >= 0.6 is 0 Å². The van der Waals surface area contributed by atoms with Crippen molar-refractivity contribution >= 4 is 31.9 Å². The quantitative estimate of drug-likeness (QED) is 0.595. The average Bonchev–Trinajstić information content (AvgIpc) is 3.19. The number of sulfonamides is 1. The fourth-order valence-electron chi connectivity index (χ4n) is 3.64. The van der Waals surface area contributed by atoms with Crippen LogP contribution in [-0.2, 0) is 42.0 Å². The van der Waals surface area contributed by atoms with Gasteiger partial charge in [-0.15, -0.1) is 0 Å². The van der Waals surface area contributed by atoms with Crippen molar-refractivity contribution in [3.63, 3.8) is 0 Å². The molecule has 0 radical (unpaired) electrons. The van der Waals surface area contributed by atoms with Gasteiger partial charge < -0.3 is 0 Å². The number of hydrogen-bond donors (Lipinski definition) is 0. The van der Waals surface area contributed by atoms with Crippen molar-refractivity contribution in [3.05, 3.63) is 46.6 Å². The molecule has 0 spiro atoms. The van der Waals surface area contributed by atoms with E-state index in [2.05, 4.69) is 5.10 Å². The molecule has 4 rings (SSSR count). The average molecular weight is 424 g/mol. The van der Waals surface area contributed by atoms with Crippen molar-refractivity contribution in [3.8, 4) is 0 Å². The highest BCUT2D eigenvalue weighted by atomic mass is 32.2. The van der Waals surface area contributed by atoms with E-state index in [1.807, 2.05) is 0 Å². The second-order valence-electron chi connectivity index (χ2n) is 6.94. The highest BCUT2D eigenvalue weighted by Crippen LogP contribution is 2.32. The molecule has 0 N–H and O–H groups in total. The Morgan fingerprint density at radius 1 is 1.14 bits per heavy atom. The highest BCUT2D eigenvalue weighted by Gasteiger charge is 2.37. The van der Waals surface area contributed by atoms with Gasteiger partial charge >= 0.3 is 5.69 Å². The fourth-order valence-corrected chi connectivity index (χ4v) is 6.77. The van der Waals surface area contributed by atoms with Gasteiger partial charge in [-0.05, 0) is 18.2 Å². The van der Waals surface area contributed by atoms with E-state index in [4.69, 9.17) is 0 Å². The molecule has 1 saturated heterocycles. The Morgan fingerprint density at radius 2 is 1.86 bits per heavy atom. The first-order chi connectivity index (χ1) is 13.2. The van der Waals surface area contributed by atoms with Gasteiger partial charge in [-0.25, -0.2) is 13.2 Å². The number of benzene rings is 1. The van der Waals surface area contributed by atoms with Gasteiger partial charge in [0.1, 0.15) is 0 Å². The molecule has 1 aliphatic heterocycles. The molecular weight excluding hydrogens is 402 g/mol. The van der Waals surface area contributed by atoms with Crippen LogP contribution in [0.4, 0.5) is 0 Å². The molecule has 2 atom stereocenters. The van der Waals surface area contributed by atoms with Crippen molar-refractivity contribution in [1.82, 2.24) is 23.2 Å². The lowest BCUT2D eigenvalue weighted by atomic mass is 10.2. The number of fused-ring (bicyclic) bond motifs is 1. The lowest BCUT2D eigenvalue weighted by Gasteiger charge is -2.33. The number of aryl methyl sites for hydroxylation is 3. The van der Waals surface area contributed by atoms with Crippen LogP contribution in [0.1, 0.15) is 11.6 Å². The van der Waals surface area contributed by atoms with E-state index in [1.54, 1.807) is 44.3 Å². The molecule has 150 valence electrons. The second-order valence-corrected chi connectivity index (χ2v) is 10.5. The molecule has 1 fully saturated rings. The van der Waals surface area contributed by atoms with Gasteiger partial charge in [0, 0.05) is 61.8 Å². The summed E-state index contributed by atoms with van der Waals surface area (Å²) in [6.45, 7) is 0.167. The minimum absolute atomic E-state index is 0.114. The third-order valence-corrected chi connectivity index (χ3v) is 8.42. The van der Waals surface area contributed by atoms with E-state index < -0.39 is 26.9 Å². The largest absolute Gasteiger partial charge is 0.328 e. The van der Waals surface area contributed by atoms with Crippen LogP contribution in [0.3, 0.4) is 0 Å². The number of nitrogens with zero attached hydrogens (tertiary/aromatic N) is 5. The molecule has 0 bridgehead atoms. The molecular formula is C17H21N5O4S2. The van der Waals surface area contributed by atoms with Gasteiger partial charge in [-0.1, -0.05) is 0 Å². The first kappa shape index (κ1) is 19.1. The van der Waals surface area contributed by atoms with Crippen LogP contribution in [0.15, 0.2) is 40.3 Å². The van der Waals surface area contributed by atoms with E-state index in [0.29, 0.717) is 22.3 Å². The summed E-state index contributed by atoms with van der Waals surface area (Å²) in [5, 5.41) is 4.13. The number of imidazole rings is 1. The first-order valence-electron chi connectivity index (χ1n) is 8.71. The molecule has 0 amide bonds. The summed E-state index contributed by atoms with van der Waals surface area (Å²) in [7, 11) is 0.0815. The Hall–Kier alpha value is -2.24. The summed E-state index contributed by atoms with van der Waals surface area (Å²) in [6, 6.07) is 4.15. The summed E-state index contributed by atoms with van der Waals surface area (Å²) >= 11 is 0. The van der Waals surface area contributed by atoms with Gasteiger partial charge in [0.2, 0.25) is 10.0 Å². The zero-order valence-corrected chi connectivity index (χ0v) is 17.4. The predicted octanol–water partition coefficient (Wildman–Crippen LogP) is 0.105. The lowest BCUT2D eigenvalue weighted by molar-refractivity contribution is 0.351. The van der Waals surface area contributed by atoms with Crippen molar-refractivity contribution in [1.29, 1.82) is 0 Å². The number of aromatic nitrogens is 4. The Morgan fingerprint density at radius 3 is 2.54 bits per heavy atom. The molecule has 1 aromatic carbocycles. The molecule has 0 aliphatic carbocycles. The Balaban J connectivity index is 1.82. The summed E-state index contributed by atoms with van der Waals surface area (Å²) in [5.41, 5.74) is 1.71. The molecule has 9 nitrogen and oxygen atoms in total. The van der Waals surface area contributed by atoms with Gasteiger partial charge in [0.25, 0.3) is 0 Å². The maximum Gasteiger partial charge on any atom is 0.328 e. The normalized spacial score (nSPS) is 21.4. The molecule has 28 heavy (non-hydrogen) atoms. The third-order valence-electron chi connectivity index (χ3n) is 5.19. The number of hydrogen-bond acceptors (Lipinski definition) is 5. The number of rotatable bonds is 3. The van der Waals surface area contributed by atoms with E-state index in [-0.39, 0.29) is 22.9 Å². The molecule has 2 aromatic heterocycles. The molecule has 2 unspecified atom stereocenters. The van der Waals surface area contributed by atoms with E-state index >= 15 is 0 Å². The Kier molecular flexibility index (Phi) is 4.55. The van der Waals surface area contributed by atoms with Crippen molar-refractivity contribution in [2.24, 2.45) is 21.1 Å². The molecule has 1 aliphatic rings. The molecule has 3 heterocycles. The lowest BCUT2D eigenvalue weighted by Crippen LogP contribution is -2.44. The molecule has 3 aromatic rings. The van der Waals surface area contributed by atoms with Crippen LogP contribution < -0.4 is 5.69 Å². The topological polar surface area (TPSA) is 99.2 Å². The Bertz CT molecular complexity index is 1250. The van der Waals surface area contributed by atoms with Gasteiger partial charge in [0.05, 0.1) is 28.2 Å². The van der Waals surface area contributed by atoms with Crippen molar-refractivity contribution < 1.29 is 12.6 Å². The summed E-state index contributed by atoms with van der Waals surface area (Å²) in [5.74, 6) is 0.527. The molecule has 11 heteroatoms. The maximum atomic E-state index is 13.4. The highest BCUT2D eigenvalue weighted by molar-refractivity contribution is 7.89. The van der Waals surface area contributed by atoms with E-state index in [0.717, 1.165) is 0 Å². The zero-order valence-electron chi connectivity index (χ0n) is 15.8. The van der Waals surface area contributed by atoms with E-state index in [9.17, 15) is 17.4 Å². The minimum Gasteiger partial charge on any atom is -0.295 e. The zero-order chi connectivity index (χ0) is 20.2. The smallest absolute Gasteiger partial charge is 0.295 e. The predicted molar refractivity (Wildman–Crippen MR) is 106 cm³/mol. The first-order valence-corrected chi connectivity index (χ1v) is 11.6. The van der Waals surface area contributed by atoms with Crippen LogP contribution in [0.25, 0.3) is 11.0 Å². The second kappa shape index (κ2) is 6.68. The van der Waals surface area contributed by atoms with Crippen LogP contribution in [0.5, 0.6) is 0 Å². The maximum absolute atomic E-state index is 13.4. The van der Waals surface area contributed by atoms with E-state index in [1.165, 1.54) is 25.6 Å². The SMILES string of the molecule is Cn1cc(C2CS(=O)CCN2S(=O)(=O)c2ccc3c(c2)n(C)c(=O)n3C)cn1. The monoisotopic (exact) mass is 423 g/mol. The Labute approximate surface area is 164 Å². The van der Waals surface area contributed by atoms with Gasteiger partial charge in [-0.3, -0.25) is 18.0 Å². The van der Waals surface area contributed by atoms with Crippen molar-refractivity contribution in [2.75, 3.05) is 18.1 Å². The van der Waals surface area contributed by atoms with Crippen molar-refractivity contribution in [2.45, 2.75) is 10.9 Å². The minimum atomic E-state index is -3.85. The third kappa shape index (κ3) is 2.93. The van der Waals surface area contributed by atoms with Gasteiger partial charge in [-0.2, -0.15) is 9.40 Å². The summed E-state index contributed by atoms with van der Waals surface area (Å²) < 4.78 is 44.9. The standard InChI is InChI=1S/C17H21N5O4S2/c1-19-10-12(9-18-19)16-11-27(24)7-6-22(16)28(25,26)13-4-5-14-15(8-13)21(3)17(23)20(14)2/h4-5,8-10,16H,6-7,11H2,1-3H3. The van der Waals surface area contributed by atoms with Crippen LogP contribution in [0, 0.1) is 0 Å². The molecule has 0 saturated carbocycles. The van der Waals surface area contributed by atoms with Crippen LogP contribution in [0.2, 0.25) is 0 Å². The fraction of sp³-hybridized carbons (Fsp3) is 0.412. The van der Waals surface area contributed by atoms with Gasteiger partial charge in [0.15, 0.2) is 0 Å². The summed E-state index contributed by atoms with van der Waals surface area (Å²) in [6.07, 6.45) is 3.36. The summed E-state index contributed by atoms with van der Waals surface area (Å²) in [4.78, 5) is 12.3.